The molecular weight excluding hydrogens is 268 g/mol. The van der Waals surface area contributed by atoms with Gasteiger partial charge in [0, 0.05) is 39.3 Å². The third kappa shape index (κ3) is 4.85. The third-order valence-electron chi connectivity index (χ3n) is 4.46. The average Bonchev–Trinajstić information content (AvgIpc) is 2.46. The van der Waals surface area contributed by atoms with Crippen molar-refractivity contribution >= 4 is 6.09 Å². The van der Waals surface area contributed by atoms with Crippen molar-refractivity contribution in [2.75, 3.05) is 33.3 Å². The van der Waals surface area contributed by atoms with E-state index < -0.39 is 5.60 Å². The summed E-state index contributed by atoms with van der Waals surface area (Å²) >= 11 is 0. The Morgan fingerprint density at radius 3 is 2.05 bits per heavy atom. The van der Waals surface area contributed by atoms with Crippen molar-refractivity contribution in [2.45, 2.75) is 64.2 Å². The molecule has 1 saturated carbocycles. The minimum atomic E-state index is -0.410. The summed E-state index contributed by atoms with van der Waals surface area (Å²) in [5.74, 6) is 0. The summed E-state index contributed by atoms with van der Waals surface area (Å²) < 4.78 is 10.9. The Labute approximate surface area is 128 Å². The average molecular weight is 298 g/mol. The fourth-order valence-electron chi connectivity index (χ4n) is 3.24. The molecular formula is C16H30N2O3. The first kappa shape index (κ1) is 16.6. The molecule has 1 aliphatic heterocycles. The van der Waals surface area contributed by atoms with Gasteiger partial charge in [0.1, 0.15) is 5.60 Å². The summed E-state index contributed by atoms with van der Waals surface area (Å²) in [6, 6.07) is 0.664. The van der Waals surface area contributed by atoms with Gasteiger partial charge in [0.15, 0.2) is 0 Å². The number of amides is 1. The number of hydrogen-bond acceptors (Lipinski definition) is 4. The highest BCUT2D eigenvalue weighted by Gasteiger charge is 2.30. The highest BCUT2D eigenvalue weighted by atomic mass is 16.6. The van der Waals surface area contributed by atoms with E-state index in [1.54, 1.807) is 0 Å². The quantitative estimate of drug-likeness (QED) is 0.785. The smallest absolute Gasteiger partial charge is 0.410 e. The second-order valence-electron chi connectivity index (χ2n) is 7.17. The first-order valence-corrected chi connectivity index (χ1v) is 8.14. The van der Waals surface area contributed by atoms with Crippen molar-refractivity contribution in [3.8, 4) is 0 Å². The molecule has 2 rings (SSSR count). The van der Waals surface area contributed by atoms with Gasteiger partial charge in [-0.3, -0.25) is 4.90 Å². The maximum absolute atomic E-state index is 12.0. The van der Waals surface area contributed by atoms with Crippen LogP contribution in [0.5, 0.6) is 0 Å². The van der Waals surface area contributed by atoms with Crippen molar-refractivity contribution < 1.29 is 14.3 Å². The number of methoxy groups -OCH3 is 1. The van der Waals surface area contributed by atoms with Gasteiger partial charge in [0.05, 0.1) is 6.10 Å². The molecule has 5 nitrogen and oxygen atoms in total. The number of carbonyl (C=O) groups excluding carboxylic acids is 1. The van der Waals surface area contributed by atoms with Crippen molar-refractivity contribution in [3.63, 3.8) is 0 Å². The molecule has 1 heterocycles. The lowest BCUT2D eigenvalue weighted by atomic mass is 9.91. The fraction of sp³-hybridized carbons (Fsp3) is 0.938. The molecule has 0 N–H and O–H groups in total. The highest BCUT2D eigenvalue weighted by molar-refractivity contribution is 5.68. The summed E-state index contributed by atoms with van der Waals surface area (Å²) in [6.45, 7) is 9.21. The lowest BCUT2D eigenvalue weighted by molar-refractivity contribution is 0.0000235. The number of carbonyl (C=O) groups is 1. The van der Waals surface area contributed by atoms with E-state index in [9.17, 15) is 4.79 Å². The minimum Gasteiger partial charge on any atom is -0.444 e. The van der Waals surface area contributed by atoms with Gasteiger partial charge >= 0.3 is 6.09 Å². The molecule has 0 aromatic carbocycles. The molecule has 21 heavy (non-hydrogen) atoms. The van der Waals surface area contributed by atoms with Crippen LogP contribution in [-0.4, -0.2) is 66.9 Å². The van der Waals surface area contributed by atoms with E-state index in [2.05, 4.69) is 4.90 Å². The van der Waals surface area contributed by atoms with Crippen LogP contribution in [0.25, 0.3) is 0 Å². The Hall–Kier alpha value is -0.810. The lowest BCUT2D eigenvalue weighted by Gasteiger charge is -2.41. The molecule has 1 saturated heterocycles. The van der Waals surface area contributed by atoms with Crippen molar-refractivity contribution in [1.82, 2.24) is 9.80 Å². The van der Waals surface area contributed by atoms with Gasteiger partial charge in [-0.1, -0.05) is 0 Å². The molecule has 5 heteroatoms. The number of piperazine rings is 1. The SMILES string of the molecule is COC1CCC(N2CCN(C(=O)OC(C)(C)C)CC2)CC1. The fourth-order valence-corrected chi connectivity index (χ4v) is 3.24. The number of ether oxygens (including phenoxy) is 2. The molecule has 0 spiro atoms. The molecule has 122 valence electrons. The molecule has 1 amide bonds. The van der Waals surface area contributed by atoms with Crippen molar-refractivity contribution in [3.05, 3.63) is 0 Å². The molecule has 1 aliphatic carbocycles. The number of hydrogen-bond donors (Lipinski definition) is 0. The summed E-state index contributed by atoms with van der Waals surface area (Å²) in [6.07, 6.45) is 5.02. The molecule has 0 unspecified atom stereocenters. The van der Waals surface area contributed by atoms with Crippen LogP contribution in [0.2, 0.25) is 0 Å². The second kappa shape index (κ2) is 6.97. The van der Waals surface area contributed by atoms with Crippen LogP contribution in [-0.2, 0) is 9.47 Å². The van der Waals surface area contributed by atoms with Crippen molar-refractivity contribution in [1.29, 1.82) is 0 Å². The molecule has 2 fully saturated rings. The lowest BCUT2D eigenvalue weighted by Crippen LogP contribution is -2.53. The standard InChI is InChI=1S/C16H30N2O3/c1-16(2,3)21-15(19)18-11-9-17(10-12-18)13-5-7-14(20-4)8-6-13/h13-14H,5-12H2,1-4H3. The molecule has 0 aromatic rings. The van der Waals surface area contributed by atoms with E-state index in [1.807, 2.05) is 32.8 Å². The van der Waals surface area contributed by atoms with E-state index in [-0.39, 0.29) is 6.09 Å². The Balaban J connectivity index is 1.75. The summed E-state index contributed by atoms with van der Waals surface area (Å²) in [5.41, 5.74) is -0.410. The van der Waals surface area contributed by atoms with Crippen LogP contribution >= 0.6 is 0 Å². The van der Waals surface area contributed by atoms with Crippen LogP contribution in [0.4, 0.5) is 4.79 Å². The minimum absolute atomic E-state index is 0.176. The molecule has 0 aromatic heterocycles. The zero-order valence-electron chi connectivity index (χ0n) is 13.9. The highest BCUT2D eigenvalue weighted by Crippen LogP contribution is 2.25. The predicted octanol–water partition coefficient (Wildman–Crippen LogP) is 2.50. The number of nitrogens with zero attached hydrogens (tertiary/aromatic N) is 2. The van der Waals surface area contributed by atoms with Gasteiger partial charge in [0.25, 0.3) is 0 Å². The summed E-state index contributed by atoms with van der Waals surface area (Å²) in [7, 11) is 1.81. The first-order valence-electron chi connectivity index (χ1n) is 8.14. The predicted molar refractivity (Wildman–Crippen MR) is 82.4 cm³/mol. The monoisotopic (exact) mass is 298 g/mol. The summed E-state index contributed by atoms with van der Waals surface area (Å²) in [5, 5.41) is 0. The normalized spacial score (nSPS) is 28.5. The van der Waals surface area contributed by atoms with Gasteiger partial charge < -0.3 is 14.4 Å². The van der Waals surface area contributed by atoms with Gasteiger partial charge in [-0.15, -0.1) is 0 Å². The van der Waals surface area contributed by atoms with Crippen LogP contribution in [0, 0.1) is 0 Å². The van der Waals surface area contributed by atoms with Crippen LogP contribution in [0.1, 0.15) is 46.5 Å². The molecule has 0 bridgehead atoms. The van der Waals surface area contributed by atoms with Gasteiger partial charge in [-0.2, -0.15) is 0 Å². The largest absolute Gasteiger partial charge is 0.444 e. The van der Waals surface area contributed by atoms with Gasteiger partial charge in [0.2, 0.25) is 0 Å². The van der Waals surface area contributed by atoms with Crippen LogP contribution in [0.15, 0.2) is 0 Å². The first-order chi connectivity index (χ1) is 9.89. The van der Waals surface area contributed by atoms with E-state index >= 15 is 0 Å². The van der Waals surface area contributed by atoms with Crippen LogP contribution in [0.3, 0.4) is 0 Å². The summed E-state index contributed by atoms with van der Waals surface area (Å²) in [4.78, 5) is 16.4. The Bertz CT molecular complexity index is 338. The Kier molecular flexibility index (Phi) is 5.49. The van der Waals surface area contributed by atoms with Crippen molar-refractivity contribution in [2.24, 2.45) is 0 Å². The Morgan fingerprint density at radius 1 is 1.00 bits per heavy atom. The van der Waals surface area contributed by atoms with E-state index in [4.69, 9.17) is 9.47 Å². The molecule has 0 atom stereocenters. The maximum atomic E-state index is 12.0. The van der Waals surface area contributed by atoms with E-state index in [0.717, 1.165) is 39.0 Å². The second-order valence-corrected chi connectivity index (χ2v) is 7.17. The molecule has 2 aliphatic rings. The van der Waals surface area contributed by atoms with Crippen LogP contribution < -0.4 is 0 Å². The third-order valence-corrected chi connectivity index (χ3v) is 4.46. The number of rotatable bonds is 2. The van der Waals surface area contributed by atoms with E-state index in [0.29, 0.717) is 12.1 Å². The topological polar surface area (TPSA) is 42.0 Å². The van der Waals surface area contributed by atoms with Gasteiger partial charge in [-0.25, -0.2) is 4.79 Å². The maximum Gasteiger partial charge on any atom is 0.410 e. The van der Waals surface area contributed by atoms with Gasteiger partial charge in [-0.05, 0) is 46.5 Å². The zero-order valence-corrected chi connectivity index (χ0v) is 13.9. The molecule has 0 radical (unpaired) electrons. The van der Waals surface area contributed by atoms with E-state index in [1.165, 1.54) is 12.8 Å². The Morgan fingerprint density at radius 2 is 1.57 bits per heavy atom. The zero-order chi connectivity index (χ0) is 15.5.